The third-order valence-corrected chi connectivity index (χ3v) is 9.62. The lowest BCUT2D eigenvalue weighted by Gasteiger charge is -2.18. The smallest absolute Gasteiger partial charge is 0.123 e. The molecule has 0 saturated heterocycles. The van der Waals surface area contributed by atoms with Crippen LogP contribution in [0.2, 0.25) is 0 Å². The highest BCUT2D eigenvalue weighted by atomic mass is 16.3. The van der Waals surface area contributed by atoms with Crippen molar-refractivity contribution in [1.29, 1.82) is 0 Å². The van der Waals surface area contributed by atoms with E-state index in [4.69, 9.17) is 0 Å². The zero-order valence-electron chi connectivity index (χ0n) is 25.2. The van der Waals surface area contributed by atoms with E-state index in [2.05, 4.69) is 140 Å². The summed E-state index contributed by atoms with van der Waals surface area (Å²) in [7, 11) is 0. The summed E-state index contributed by atoms with van der Waals surface area (Å²) in [5, 5.41) is 15.9. The molecule has 0 heterocycles. The Balaban J connectivity index is 1.26. The van der Waals surface area contributed by atoms with E-state index in [1.807, 2.05) is 24.3 Å². The molecule has 0 aromatic heterocycles. The fourth-order valence-electron chi connectivity index (χ4n) is 7.39. The summed E-state index contributed by atoms with van der Waals surface area (Å²) in [5.41, 5.74) is 14.5. The topological polar surface area (TPSA) is 20.2 Å². The quantitative estimate of drug-likeness (QED) is 0.217. The van der Waals surface area contributed by atoms with Crippen molar-refractivity contribution < 1.29 is 5.11 Å². The SMILES string of the molecule is Oc1ccc(-c2ccc3c(c2-c2ccc4ccccc4c2)Cc2c(-c4ccc5ccccc5c4)cccc2-3)cc1-c1ccccc1. The predicted octanol–water partition coefficient (Wildman–Crippen LogP) is 11.9. The van der Waals surface area contributed by atoms with Gasteiger partial charge in [-0.2, -0.15) is 0 Å². The number of fused-ring (bicyclic) bond motifs is 5. The Labute approximate surface area is 268 Å². The zero-order chi connectivity index (χ0) is 30.6. The summed E-state index contributed by atoms with van der Waals surface area (Å²) < 4.78 is 0. The normalized spacial score (nSPS) is 11.9. The third kappa shape index (κ3) is 4.32. The molecule has 0 saturated carbocycles. The molecule has 1 aliphatic carbocycles. The molecule has 8 aromatic rings. The summed E-state index contributed by atoms with van der Waals surface area (Å²) in [5.74, 6) is 0.288. The lowest BCUT2D eigenvalue weighted by atomic mass is 9.86. The second-order valence-electron chi connectivity index (χ2n) is 12.2. The van der Waals surface area contributed by atoms with Crippen molar-refractivity contribution in [3.63, 3.8) is 0 Å². The molecule has 1 heteroatoms. The first-order valence-corrected chi connectivity index (χ1v) is 15.9. The molecule has 216 valence electrons. The Morgan fingerprint density at radius 1 is 0.326 bits per heavy atom. The van der Waals surface area contributed by atoms with Gasteiger partial charge in [-0.15, -0.1) is 0 Å². The molecular formula is C45H30O. The lowest BCUT2D eigenvalue weighted by molar-refractivity contribution is 0.477. The van der Waals surface area contributed by atoms with Crippen LogP contribution in [-0.2, 0) is 6.42 Å². The Bertz CT molecular complexity index is 2450. The number of benzene rings is 8. The van der Waals surface area contributed by atoms with Crippen LogP contribution in [-0.4, -0.2) is 5.11 Å². The highest BCUT2D eigenvalue weighted by Gasteiger charge is 2.27. The Morgan fingerprint density at radius 3 is 1.65 bits per heavy atom. The summed E-state index contributed by atoms with van der Waals surface area (Å²) in [6.45, 7) is 0. The van der Waals surface area contributed by atoms with Crippen molar-refractivity contribution in [1.82, 2.24) is 0 Å². The molecule has 0 bridgehead atoms. The van der Waals surface area contributed by atoms with Gasteiger partial charge in [0, 0.05) is 5.56 Å². The molecule has 0 unspecified atom stereocenters. The summed E-state index contributed by atoms with van der Waals surface area (Å²) in [6, 6.07) is 58.3. The number of hydrogen-bond donors (Lipinski definition) is 1. The van der Waals surface area contributed by atoms with Crippen LogP contribution in [0.3, 0.4) is 0 Å². The monoisotopic (exact) mass is 586 g/mol. The minimum absolute atomic E-state index is 0.288. The van der Waals surface area contributed by atoms with Gasteiger partial charge < -0.3 is 5.11 Å². The van der Waals surface area contributed by atoms with Crippen LogP contribution in [0.5, 0.6) is 5.75 Å². The van der Waals surface area contributed by atoms with E-state index < -0.39 is 0 Å². The van der Waals surface area contributed by atoms with Gasteiger partial charge in [0.25, 0.3) is 0 Å². The molecule has 0 radical (unpaired) electrons. The molecule has 0 fully saturated rings. The van der Waals surface area contributed by atoms with Gasteiger partial charge >= 0.3 is 0 Å². The molecule has 0 aliphatic heterocycles. The molecule has 8 aromatic carbocycles. The molecule has 0 atom stereocenters. The van der Waals surface area contributed by atoms with Gasteiger partial charge in [-0.3, -0.25) is 0 Å². The maximum atomic E-state index is 10.9. The van der Waals surface area contributed by atoms with Crippen molar-refractivity contribution in [2.75, 3.05) is 0 Å². The average Bonchev–Trinajstić information content (AvgIpc) is 3.50. The van der Waals surface area contributed by atoms with E-state index in [-0.39, 0.29) is 5.75 Å². The van der Waals surface area contributed by atoms with E-state index >= 15 is 0 Å². The van der Waals surface area contributed by atoms with Gasteiger partial charge in [0.05, 0.1) is 0 Å². The number of aromatic hydroxyl groups is 1. The predicted molar refractivity (Wildman–Crippen MR) is 193 cm³/mol. The number of phenolic OH excluding ortho intramolecular Hbond substituents is 1. The molecule has 1 aliphatic rings. The van der Waals surface area contributed by atoms with Gasteiger partial charge in [-0.25, -0.2) is 0 Å². The van der Waals surface area contributed by atoms with E-state index in [0.29, 0.717) is 0 Å². The fourth-order valence-corrected chi connectivity index (χ4v) is 7.39. The molecule has 1 nitrogen and oxygen atoms in total. The average molecular weight is 587 g/mol. The Kier molecular flexibility index (Phi) is 6.11. The highest BCUT2D eigenvalue weighted by molar-refractivity contribution is 5.99. The second-order valence-corrected chi connectivity index (χ2v) is 12.2. The molecule has 1 N–H and O–H groups in total. The van der Waals surface area contributed by atoms with E-state index in [1.165, 1.54) is 71.6 Å². The maximum Gasteiger partial charge on any atom is 0.123 e. The Hall–Kier alpha value is -5.92. The minimum atomic E-state index is 0.288. The van der Waals surface area contributed by atoms with Gasteiger partial charge in [-0.05, 0) is 113 Å². The standard InChI is InChI=1S/C45H30O/c46-44-24-21-35(27-41(44)31-11-2-1-3-12-31)38-22-23-40-39-16-8-15-37(34-19-17-29-9-4-6-13-32(29)25-34)42(39)28-43(40)45(38)36-20-18-30-10-5-7-14-33(30)26-36/h1-27,46H,28H2. The fraction of sp³-hybridized carbons (Fsp3) is 0.0222. The highest BCUT2D eigenvalue weighted by Crippen LogP contribution is 2.49. The number of rotatable bonds is 4. The first-order chi connectivity index (χ1) is 22.7. The Morgan fingerprint density at radius 2 is 0.891 bits per heavy atom. The molecule has 0 amide bonds. The van der Waals surface area contributed by atoms with E-state index in [9.17, 15) is 5.11 Å². The first kappa shape index (κ1) is 26.5. The van der Waals surface area contributed by atoms with Crippen LogP contribution in [0.25, 0.3) is 77.2 Å². The largest absolute Gasteiger partial charge is 0.507 e. The number of hydrogen-bond acceptors (Lipinski definition) is 1. The maximum absolute atomic E-state index is 10.9. The van der Waals surface area contributed by atoms with Crippen LogP contribution >= 0.6 is 0 Å². The molecule has 0 spiro atoms. The van der Waals surface area contributed by atoms with Gasteiger partial charge in [0.15, 0.2) is 0 Å². The van der Waals surface area contributed by atoms with Crippen LogP contribution in [0, 0.1) is 0 Å². The van der Waals surface area contributed by atoms with Crippen LogP contribution in [0.1, 0.15) is 11.1 Å². The zero-order valence-corrected chi connectivity index (χ0v) is 25.2. The lowest BCUT2D eigenvalue weighted by Crippen LogP contribution is -1.94. The number of phenols is 1. The van der Waals surface area contributed by atoms with Gasteiger partial charge in [0.1, 0.15) is 5.75 Å². The summed E-state index contributed by atoms with van der Waals surface area (Å²) >= 11 is 0. The van der Waals surface area contributed by atoms with Crippen molar-refractivity contribution in [3.05, 3.63) is 175 Å². The van der Waals surface area contributed by atoms with Gasteiger partial charge in [-0.1, -0.05) is 140 Å². The summed E-state index contributed by atoms with van der Waals surface area (Å²) in [6.07, 6.45) is 0.854. The van der Waals surface area contributed by atoms with Gasteiger partial charge in [0.2, 0.25) is 0 Å². The van der Waals surface area contributed by atoms with Crippen molar-refractivity contribution in [2.45, 2.75) is 6.42 Å². The molecule has 46 heavy (non-hydrogen) atoms. The van der Waals surface area contributed by atoms with E-state index in [1.54, 1.807) is 0 Å². The molecular weight excluding hydrogens is 556 g/mol. The van der Waals surface area contributed by atoms with Crippen molar-refractivity contribution in [2.24, 2.45) is 0 Å². The van der Waals surface area contributed by atoms with Crippen LogP contribution in [0.4, 0.5) is 0 Å². The van der Waals surface area contributed by atoms with Crippen molar-refractivity contribution >= 4 is 21.5 Å². The van der Waals surface area contributed by atoms with Crippen LogP contribution in [0.15, 0.2) is 164 Å². The molecule has 9 rings (SSSR count). The first-order valence-electron chi connectivity index (χ1n) is 15.9. The van der Waals surface area contributed by atoms with Crippen molar-refractivity contribution in [3.8, 4) is 61.4 Å². The minimum Gasteiger partial charge on any atom is -0.507 e. The second kappa shape index (κ2) is 10.6. The third-order valence-electron chi connectivity index (χ3n) is 9.62. The summed E-state index contributed by atoms with van der Waals surface area (Å²) in [4.78, 5) is 0. The van der Waals surface area contributed by atoms with E-state index in [0.717, 1.165) is 23.1 Å². The van der Waals surface area contributed by atoms with Crippen LogP contribution < -0.4 is 0 Å².